The van der Waals surface area contributed by atoms with E-state index in [0.29, 0.717) is 16.9 Å². The number of benzene rings is 4. The Hall–Kier alpha value is -4.36. The van der Waals surface area contributed by atoms with Gasteiger partial charge in [0.15, 0.2) is 0 Å². The van der Waals surface area contributed by atoms with E-state index in [0.717, 1.165) is 16.3 Å². The normalized spacial score (nSPS) is 26.1. The minimum Gasteiger partial charge on any atom is -0.306 e. The second-order valence-electron chi connectivity index (χ2n) is 10.3. The molecule has 1 N–H and O–H groups in total. The second kappa shape index (κ2) is 8.07. The van der Waals surface area contributed by atoms with Crippen LogP contribution >= 0.6 is 0 Å². The minimum absolute atomic E-state index is 0.223. The lowest BCUT2D eigenvalue weighted by molar-refractivity contribution is -0.132. The maximum Gasteiger partial charge on any atom is 0.253 e. The first-order chi connectivity index (χ1) is 18.4. The summed E-state index contributed by atoms with van der Waals surface area (Å²) in [5.41, 5.74) is 1.31. The third kappa shape index (κ3) is 2.93. The van der Waals surface area contributed by atoms with E-state index in [1.807, 2.05) is 67.6 Å². The highest BCUT2D eigenvalue weighted by atomic mass is 19.1. The summed E-state index contributed by atoms with van der Waals surface area (Å²) in [6, 6.07) is 26.2. The average molecular weight is 506 g/mol. The van der Waals surface area contributed by atoms with Crippen molar-refractivity contribution in [2.24, 2.45) is 11.8 Å². The molecule has 0 bridgehead atoms. The summed E-state index contributed by atoms with van der Waals surface area (Å²) in [7, 11) is 0. The largest absolute Gasteiger partial charge is 0.306 e. The number of fused-ring (bicyclic) bond motifs is 5. The molecule has 188 valence electrons. The highest BCUT2D eigenvalue weighted by Crippen LogP contribution is 2.55. The van der Waals surface area contributed by atoms with Crippen molar-refractivity contribution in [1.82, 2.24) is 5.32 Å². The molecule has 4 aromatic carbocycles. The van der Waals surface area contributed by atoms with Crippen molar-refractivity contribution in [3.63, 3.8) is 0 Å². The third-order valence-corrected chi connectivity index (χ3v) is 8.28. The monoisotopic (exact) mass is 505 g/mol. The molecular formula is C31H24FN3O3. The van der Waals surface area contributed by atoms with Gasteiger partial charge in [-0.1, -0.05) is 66.7 Å². The predicted octanol–water partition coefficient (Wildman–Crippen LogP) is 4.52. The molecule has 0 radical (unpaired) electrons. The lowest BCUT2D eigenvalue weighted by atomic mass is 9.76. The number of imide groups is 1. The minimum atomic E-state index is -1.37. The van der Waals surface area contributed by atoms with Crippen molar-refractivity contribution < 1.29 is 18.8 Å². The van der Waals surface area contributed by atoms with Crippen LogP contribution in [-0.2, 0) is 26.5 Å². The summed E-state index contributed by atoms with van der Waals surface area (Å²) < 4.78 is 13.5. The molecule has 4 aromatic rings. The molecule has 2 saturated heterocycles. The van der Waals surface area contributed by atoms with Gasteiger partial charge >= 0.3 is 0 Å². The molecule has 6 nitrogen and oxygen atoms in total. The number of nitrogens with one attached hydrogen (secondary N) is 1. The van der Waals surface area contributed by atoms with Gasteiger partial charge in [-0.15, -0.1) is 0 Å². The van der Waals surface area contributed by atoms with Crippen LogP contribution in [0.2, 0.25) is 0 Å². The summed E-state index contributed by atoms with van der Waals surface area (Å²) in [4.78, 5) is 45.5. The average Bonchev–Trinajstić information content (AvgIpc) is 3.48. The van der Waals surface area contributed by atoms with Crippen molar-refractivity contribution in [2.45, 2.75) is 25.0 Å². The highest BCUT2D eigenvalue weighted by Gasteiger charge is 2.71. The van der Waals surface area contributed by atoms with E-state index in [1.54, 1.807) is 23.1 Å². The Morgan fingerprint density at radius 2 is 1.50 bits per heavy atom. The number of carbonyl (C=O) groups is 3. The van der Waals surface area contributed by atoms with E-state index in [2.05, 4.69) is 5.32 Å². The van der Waals surface area contributed by atoms with Gasteiger partial charge in [0.05, 0.1) is 24.1 Å². The van der Waals surface area contributed by atoms with Crippen LogP contribution in [0.1, 0.15) is 18.1 Å². The van der Waals surface area contributed by atoms with Gasteiger partial charge in [-0.25, -0.2) is 9.29 Å². The number of halogens is 1. The Balaban J connectivity index is 1.35. The van der Waals surface area contributed by atoms with Gasteiger partial charge < -0.3 is 4.90 Å². The zero-order valence-corrected chi connectivity index (χ0v) is 20.6. The molecule has 4 atom stereocenters. The van der Waals surface area contributed by atoms with Crippen LogP contribution in [0, 0.1) is 17.7 Å². The smallest absolute Gasteiger partial charge is 0.253 e. The van der Waals surface area contributed by atoms with Gasteiger partial charge in [0, 0.05) is 22.7 Å². The Morgan fingerprint density at radius 1 is 0.816 bits per heavy atom. The number of nitrogens with zero attached hydrogens (tertiary/aromatic N) is 2. The zero-order chi connectivity index (χ0) is 26.2. The predicted molar refractivity (Wildman–Crippen MR) is 142 cm³/mol. The van der Waals surface area contributed by atoms with Gasteiger partial charge in [0.1, 0.15) is 11.4 Å². The van der Waals surface area contributed by atoms with Crippen molar-refractivity contribution in [1.29, 1.82) is 0 Å². The molecule has 7 rings (SSSR count). The van der Waals surface area contributed by atoms with Crippen LogP contribution in [0.4, 0.5) is 15.8 Å². The molecule has 0 aliphatic carbocycles. The van der Waals surface area contributed by atoms with Crippen molar-refractivity contribution in [3.05, 3.63) is 108 Å². The summed E-state index contributed by atoms with van der Waals surface area (Å²) in [5.74, 6) is -2.88. The van der Waals surface area contributed by atoms with Crippen LogP contribution in [0.15, 0.2) is 91.0 Å². The summed E-state index contributed by atoms with van der Waals surface area (Å²) in [5, 5.41) is 5.15. The first kappa shape index (κ1) is 22.8. The molecule has 0 aromatic heterocycles. The molecule has 3 amide bonds. The van der Waals surface area contributed by atoms with E-state index in [4.69, 9.17) is 0 Å². The zero-order valence-electron chi connectivity index (χ0n) is 20.6. The van der Waals surface area contributed by atoms with E-state index in [1.165, 1.54) is 17.0 Å². The molecule has 0 saturated carbocycles. The lowest BCUT2D eigenvalue weighted by Gasteiger charge is -2.30. The number of rotatable bonds is 3. The van der Waals surface area contributed by atoms with Crippen LogP contribution < -0.4 is 15.1 Å². The number of hydrogen-bond acceptors (Lipinski definition) is 4. The molecule has 3 aliphatic heterocycles. The fourth-order valence-electron chi connectivity index (χ4n) is 6.68. The van der Waals surface area contributed by atoms with Gasteiger partial charge in [0.25, 0.3) is 5.91 Å². The van der Waals surface area contributed by atoms with Crippen molar-refractivity contribution >= 4 is 39.9 Å². The van der Waals surface area contributed by atoms with E-state index in [-0.39, 0.29) is 30.1 Å². The number of carbonyl (C=O) groups excluding carboxylic acids is 3. The summed E-state index contributed by atoms with van der Waals surface area (Å²) in [6.07, 6.45) is 0. The molecule has 3 heterocycles. The van der Waals surface area contributed by atoms with Crippen molar-refractivity contribution in [2.75, 3.05) is 9.80 Å². The molecule has 38 heavy (non-hydrogen) atoms. The van der Waals surface area contributed by atoms with Crippen LogP contribution in [0.5, 0.6) is 0 Å². The van der Waals surface area contributed by atoms with Crippen LogP contribution in [-0.4, -0.2) is 23.8 Å². The summed E-state index contributed by atoms with van der Waals surface area (Å²) in [6.45, 7) is 2.09. The topological polar surface area (TPSA) is 69.7 Å². The summed E-state index contributed by atoms with van der Waals surface area (Å²) >= 11 is 0. The molecule has 2 fully saturated rings. The number of hydrogen-bond donors (Lipinski definition) is 1. The first-order valence-electron chi connectivity index (χ1n) is 12.7. The number of anilines is 2. The fourth-order valence-corrected chi connectivity index (χ4v) is 6.68. The Kier molecular flexibility index (Phi) is 4.84. The second-order valence-corrected chi connectivity index (χ2v) is 10.3. The maximum absolute atomic E-state index is 14.4. The third-order valence-electron chi connectivity index (χ3n) is 8.28. The SMILES string of the molecule is C[C@@H]1N[C@]2(C(=O)N(Cc3ccc(F)cc3)c3ccccc32)[C@@H]2C(=O)N(c3cccc4ccccc34)C(=O)[C@@H]12. The van der Waals surface area contributed by atoms with E-state index in [9.17, 15) is 18.8 Å². The molecular weight excluding hydrogens is 481 g/mol. The van der Waals surface area contributed by atoms with Gasteiger partial charge in [-0.2, -0.15) is 0 Å². The molecule has 0 unspecified atom stereocenters. The van der Waals surface area contributed by atoms with Crippen LogP contribution in [0.3, 0.4) is 0 Å². The lowest BCUT2D eigenvalue weighted by Crippen LogP contribution is -2.54. The van der Waals surface area contributed by atoms with E-state index < -0.39 is 23.4 Å². The number of amides is 3. The Labute approximate surface area is 218 Å². The maximum atomic E-state index is 14.4. The van der Waals surface area contributed by atoms with Crippen molar-refractivity contribution in [3.8, 4) is 0 Å². The molecule has 7 heteroatoms. The van der Waals surface area contributed by atoms with Gasteiger partial charge in [-0.3, -0.25) is 19.7 Å². The fraction of sp³-hybridized carbons (Fsp3) is 0.194. The Bertz CT molecular complexity index is 1650. The number of para-hydroxylation sites is 1. The van der Waals surface area contributed by atoms with Crippen LogP contribution in [0.25, 0.3) is 10.8 Å². The first-order valence-corrected chi connectivity index (χ1v) is 12.7. The quantitative estimate of drug-likeness (QED) is 0.416. The molecule has 1 spiro atoms. The van der Waals surface area contributed by atoms with Gasteiger partial charge in [-0.05, 0) is 42.1 Å². The Morgan fingerprint density at radius 3 is 2.32 bits per heavy atom. The van der Waals surface area contributed by atoms with E-state index >= 15 is 0 Å². The molecule has 3 aliphatic rings. The highest BCUT2D eigenvalue weighted by molar-refractivity contribution is 6.28. The standard InChI is InChI=1S/C31H24FN3O3/c1-18-26-27(29(37)35(28(26)36)24-12-6-8-20-7-2-3-9-22(20)24)31(33-18)23-10-4-5-11-25(23)34(30(31)38)17-19-13-15-21(32)16-14-19/h2-16,18,26-27,33H,17H2,1H3/t18-,26-,27-,31-/m0/s1. The van der Waals surface area contributed by atoms with Gasteiger partial charge in [0.2, 0.25) is 11.8 Å².